The summed E-state index contributed by atoms with van der Waals surface area (Å²) in [4.78, 5) is 21.1. The van der Waals surface area contributed by atoms with Gasteiger partial charge in [0.15, 0.2) is 5.96 Å². The van der Waals surface area contributed by atoms with E-state index in [1.807, 2.05) is 36.1 Å². The molecule has 1 saturated heterocycles. The summed E-state index contributed by atoms with van der Waals surface area (Å²) < 4.78 is 0. The van der Waals surface area contributed by atoms with Crippen molar-refractivity contribution in [2.75, 3.05) is 44.2 Å². The van der Waals surface area contributed by atoms with E-state index in [2.05, 4.69) is 34.4 Å². The SMILES string of the molecule is CCNC(=NCC(=O)N1CCN(c2ccc(Cl)cc2)CC1)NC(C)CC. The van der Waals surface area contributed by atoms with Crippen LogP contribution in [0.1, 0.15) is 27.2 Å². The highest BCUT2D eigenvalue weighted by atomic mass is 35.5. The number of guanidine groups is 1. The first-order valence-electron chi connectivity index (χ1n) is 9.36. The third-order valence-electron chi connectivity index (χ3n) is 4.54. The summed E-state index contributed by atoms with van der Waals surface area (Å²) in [7, 11) is 0. The number of carbonyl (C=O) groups is 1. The third-order valence-corrected chi connectivity index (χ3v) is 4.79. The number of halogens is 1. The van der Waals surface area contributed by atoms with Crippen LogP contribution >= 0.6 is 11.6 Å². The molecule has 0 spiro atoms. The number of hydrogen-bond acceptors (Lipinski definition) is 3. The van der Waals surface area contributed by atoms with Gasteiger partial charge in [-0.1, -0.05) is 18.5 Å². The topological polar surface area (TPSA) is 60.0 Å². The summed E-state index contributed by atoms with van der Waals surface area (Å²) in [6.07, 6.45) is 1.00. The molecule has 1 amide bonds. The fourth-order valence-corrected chi connectivity index (χ4v) is 2.89. The largest absolute Gasteiger partial charge is 0.368 e. The normalized spacial score (nSPS) is 16.4. The van der Waals surface area contributed by atoms with E-state index >= 15 is 0 Å². The van der Waals surface area contributed by atoms with Gasteiger partial charge in [0.25, 0.3) is 0 Å². The lowest BCUT2D eigenvalue weighted by molar-refractivity contribution is -0.129. The van der Waals surface area contributed by atoms with Crippen molar-refractivity contribution in [1.29, 1.82) is 0 Å². The monoisotopic (exact) mass is 379 g/mol. The molecule has 6 nitrogen and oxygen atoms in total. The van der Waals surface area contributed by atoms with E-state index in [9.17, 15) is 4.79 Å². The van der Waals surface area contributed by atoms with E-state index in [0.29, 0.717) is 25.1 Å². The molecule has 1 aliphatic heterocycles. The molecule has 1 heterocycles. The summed E-state index contributed by atoms with van der Waals surface area (Å²) in [5.74, 6) is 0.775. The van der Waals surface area contributed by atoms with Gasteiger partial charge < -0.3 is 20.4 Å². The van der Waals surface area contributed by atoms with Crippen molar-refractivity contribution in [2.24, 2.45) is 4.99 Å². The molecule has 1 aliphatic rings. The number of hydrogen-bond donors (Lipinski definition) is 2. The Morgan fingerprint density at radius 2 is 1.85 bits per heavy atom. The Bertz CT molecular complexity index is 596. The van der Waals surface area contributed by atoms with Crippen molar-refractivity contribution in [3.63, 3.8) is 0 Å². The maximum absolute atomic E-state index is 12.5. The lowest BCUT2D eigenvalue weighted by Crippen LogP contribution is -2.50. The van der Waals surface area contributed by atoms with Crippen molar-refractivity contribution in [3.8, 4) is 0 Å². The fraction of sp³-hybridized carbons (Fsp3) is 0.579. The molecular weight excluding hydrogens is 350 g/mol. The van der Waals surface area contributed by atoms with E-state index in [1.54, 1.807) is 0 Å². The van der Waals surface area contributed by atoms with Crippen molar-refractivity contribution >= 4 is 29.2 Å². The van der Waals surface area contributed by atoms with Crippen LogP contribution in [0.4, 0.5) is 5.69 Å². The first kappa shape index (κ1) is 20.4. The average molecular weight is 380 g/mol. The molecule has 2 rings (SSSR count). The number of amides is 1. The van der Waals surface area contributed by atoms with Gasteiger partial charge in [-0.25, -0.2) is 4.99 Å². The predicted octanol–water partition coefficient (Wildman–Crippen LogP) is 2.34. The number of rotatable bonds is 6. The van der Waals surface area contributed by atoms with Crippen LogP contribution < -0.4 is 15.5 Å². The maximum Gasteiger partial charge on any atom is 0.244 e. The van der Waals surface area contributed by atoms with Crippen molar-refractivity contribution in [3.05, 3.63) is 29.3 Å². The Morgan fingerprint density at radius 3 is 2.42 bits per heavy atom. The number of nitrogens with one attached hydrogen (secondary N) is 2. The third kappa shape index (κ3) is 6.09. The number of carbonyl (C=O) groups excluding carboxylic acids is 1. The molecule has 144 valence electrons. The number of benzene rings is 1. The molecule has 0 aliphatic carbocycles. The van der Waals surface area contributed by atoms with Gasteiger partial charge >= 0.3 is 0 Å². The molecule has 1 unspecified atom stereocenters. The van der Waals surface area contributed by atoms with Crippen molar-refractivity contribution in [2.45, 2.75) is 33.2 Å². The molecule has 0 saturated carbocycles. The second-order valence-electron chi connectivity index (χ2n) is 6.49. The zero-order valence-electron chi connectivity index (χ0n) is 16.0. The number of nitrogens with zero attached hydrogens (tertiary/aromatic N) is 3. The van der Waals surface area contributed by atoms with Crippen LogP contribution in [0.3, 0.4) is 0 Å². The molecule has 7 heteroatoms. The Morgan fingerprint density at radius 1 is 1.19 bits per heavy atom. The van der Waals surface area contributed by atoms with E-state index in [1.165, 1.54) is 0 Å². The average Bonchev–Trinajstić information content (AvgIpc) is 2.66. The molecule has 2 N–H and O–H groups in total. The summed E-state index contributed by atoms with van der Waals surface area (Å²) in [6, 6.07) is 8.16. The van der Waals surface area contributed by atoms with Gasteiger partial charge in [-0.05, 0) is 44.5 Å². The lowest BCUT2D eigenvalue weighted by Gasteiger charge is -2.36. The van der Waals surface area contributed by atoms with Gasteiger partial charge in [-0.2, -0.15) is 0 Å². The van der Waals surface area contributed by atoms with Gasteiger partial charge in [0, 0.05) is 49.5 Å². The van der Waals surface area contributed by atoms with Gasteiger partial charge in [0.1, 0.15) is 6.54 Å². The zero-order chi connectivity index (χ0) is 18.9. The molecule has 1 fully saturated rings. The molecule has 0 aromatic heterocycles. The number of anilines is 1. The molecule has 1 aromatic carbocycles. The lowest BCUT2D eigenvalue weighted by atomic mass is 10.2. The Labute approximate surface area is 161 Å². The van der Waals surface area contributed by atoms with E-state index < -0.39 is 0 Å². The highest BCUT2D eigenvalue weighted by Gasteiger charge is 2.21. The minimum Gasteiger partial charge on any atom is -0.368 e. The van der Waals surface area contributed by atoms with Crippen molar-refractivity contribution < 1.29 is 4.79 Å². The van der Waals surface area contributed by atoms with Gasteiger partial charge in [-0.15, -0.1) is 0 Å². The fourth-order valence-electron chi connectivity index (χ4n) is 2.77. The van der Waals surface area contributed by atoms with Crippen LogP contribution in [-0.2, 0) is 4.79 Å². The second kappa shape index (κ2) is 10.3. The molecule has 0 bridgehead atoms. The van der Waals surface area contributed by atoms with Gasteiger partial charge in [-0.3, -0.25) is 4.79 Å². The minimum atomic E-state index is 0.0714. The smallest absolute Gasteiger partial charge is 0.244 e. The van der Waals surface area contributed by atoms with Crippen LogP contribution in [0.25, 0.3) is 0 Å². The predicted molar refractivity (Wildman–Crippen MR) is 109 cm³/mol. The summed E-state index contributed by atoms with van der Waals surface area (Å²) in [5, 5.41) is 7.24. The van der Waals surface area contributed by atoms with Crippen LogP contribution in [0, 0.1) is 0 Å². The molecule has 0 radical (unpaired) electrons. The van der Waals surface area contributed by atoms with E-state index in [4.69, 9.17) is 11.6 Å². The first-order valence-corrected chi connectivity index (χ1v) is 9.74. The Hall–Kier alpha value is -1.95. The van der Waals surface area contributed by atoms with Gasteiger partial charge in [0.2, 0.25) is 5.91 Å². The summed E-state index contributed by atoms with van der Waals surface area (Å²) >= 11 is 5.94. The molecule has 1 atom stereocenters. The zero-order valence-corrected chi connectivity index (χ0v) is 16.7. The highest BCUT2D eigenvalue weighted by molar-refractivity contribution is 6.30. The van der Waals surface area contributed by atoms with E-state index in [-0.39, 0.29) is 12.5 Å². The Balaban J connectivity index is 1.85. The minimum absolute atomic E-state index is 0.0714. The first-order chi connectivity index (χ1) is 12.5. The highest BCUT2D eigenvalue weighted by Crippen LogP contribution is 2.19. The van der Waals surface area contributed by atoms with E-state index in [0.717, 1.165) is 36.8 Å². The van der Waals surface area contributed by atoms with Crippen LogP contribution in [0.5, 0.6) is 0 Å². The summed E-state index contributed by atoms with van der Waals surface area (Å²) in [6.45, 7) is 10.3. The van der Waals surface area contributed by atoms with Crippen LogP contribution in [-0.4, -0.2) is 62.1 Å². The van der Waals surface area contributed by atoms with Crippen molar-refractivity contribution in [1.82, 2.24) is 15.5 Å². The number of piperazine rings is 1. The number of aliphatic imine (C=N–C) groups is 1. The standard InChI is InChI=1S/C19H30ClN5O/c1-4-15(3)23-19(21-5-2)22-14-18(26)25-12-10-24(11-13-25)17-8-6-16(20)7-9-17/h6-9,15H,4-5,10-14H2,1-3H3,(H2,21,22,23). The quantitative estimate of drug-likeness (QED) is 0.588. The maximum atomic E-state index is 12.5. The van der Waals surface area contributed by atoms with Crippen LogP contribution in [0.15, 0.2) is 29.3 Å². The van der Waals surface area contributed by atoms with Gasteiger partial charge in [0.05, 0.1) is 0 Å². The molecule has 26 heavy (non-hydrogen) atoms. The summed E-state index contributed by atoms with van der Waals surface area (Å²) in [5.41, 5.74) is 1.15. The molecular formula is C19H30ClN5O. The Kier molecular flexibility index (Phi) is 8.04. The molecule has 1 aromatic rings. The van der Waals surface area contributed by atoms with Crippen LogP contribution in [0.2, 0.25) is 5.02 Å². The second-order valence-corrected chi connectivity index (χ2v) is 6.93.